The van der Waals surface area contributed by atoms with Crippen LogP contribution in [0.3, 0.4) is 0 Å². The zero-order valence-corrected chi connectivity index (χ0v) is 13.9. The van der Waals surface area contributed by atoms with E-state index in [0.717, 1.165) is 31.2 Å². The minimum absolute atomic E-state index is 0.00459. The molecule has 128 valence electrons. The predicted molar refractivity (Wildman–Crippen MR) is 88.6 cm³/mol. The first kappa shape index (κ1) is 17.9. The van der Waals surface area contributed by atoms with Crippen LogP contribution in [0.15, 0.2) is 36.4 Å². The van der Waals surface area contributed by atoms with Gasteiger partial charge in [-0.05, 0) is 38.7 Å². The third-order valence-electron chi connectivity index (χ3n) is 3.92. The van der Waals surface area contributed by atoms with Crippen LogP contribution in [0, 0.1) is 6.92 Å². The zero-order valence-electron chi connectivity index (χ0n) is 13.9. The van der Waals surface area contributed by atoms with Gasteiger partial charge >= 0.3 is 11.9 Å². The van der Waals surface area contributed by atoms with Gasteiger partial charge in [0.05, 0.1) is 6.42 Å². The highest BCUT2D eigenvalue weighted by atomic mass is 16.5. The summed E-state index contributed by atoms with van der Waals surface area (Å²) >= 11 is 0. The van der Waals surface area contributed by atoms with E-state index in [1.807, 2.05) is 13.0 Å². The van der Waals surface area contributed by atoms with Crippen LogP contribution in [0.25, 0.3) is 0 Å². The topological polar surface area (TPSA) is 69.7 Å². The molecule has 0 radical (unpaired) electrons. The van der Waals surface area contributed by atoms with Gasteiger partial charge < -0.3 is 9.47 Å². The zero-order chi connectivity index (χ0) is 17.5. The van der Waals surface area contributed by atoms with Crippen molar-refractivity contribution in [2.24, 2.45) is 0 Å². The average molecular weight is 330 g/mol. The molecule has 0 saturated heterocycles. The van der Waals surface area contributed by atoms with Crippen LogP contribution in [0.1, 0.15) is 48.0 Å². The van der Waals surface area contributed by atoms with Gasteiger partial charge in [0.2, 0.25) is 0 Å². The van der Waals surface area contributed by atoms with E-state index in [1.165, 1.54) is 0 Å². The van der Waals surface area contributed by atoms with Crippen molar-refractivity contribution >= 4 is 17.7 Å². The maximum Gasteiger partial charge on any atom is 0.334 e. The highest BCUT2D eigenvalue weighted by molar-refractivity contribution is 6.00. The van der Waals surface area contributed by atoms with E-state index in [0.29, 0.717) is 5.56 Å². The van der Waals surface area contributed by atoms with Crippen molar-refractivity contribution in [3.05, 3.63) is 47.5 Å². The Morgan fingerprint density at radius 1 is 1.21 bits per heavy atom. The second-order valence-corrected chi connectivity index (χ2v) is 6.05. The predicted octanol–water partition coefficient (Wildman–Crippen LogP) is 3.15. The molecular formula is C19H22O5. The quantitative estimate of drug-likeness (QED) is 0.436. The molecule has 1 saturated carbocycles. The van der Waals surface area contributed by atoms with Crippen molar-refractivity contribution in [3.8, 4) is 0 Å². The van der Waals surface area contributed by atoms with Crippen molar-refractivity contribution in [3.63, 3.8) is 0 Å². The van der Waals surface area contributed by atoms with Crippen LogP contribution < -0.4 is 0 Å². The van der Waals surface area contributed by atoms with Crippen LogP contribution in [0.5, 0.6) is 0 Å². The fraction of sp³-hybridized carbons (Fsp3) is 0.421. The first-order valence-electron chi connectivity index (χ1n) is 8.10. The number of hydrogen-bond donors (Lipinski definition) is 0. The Bertz CT molecular complexity index is 641. The van der Waals surface area contributed by atoms with E-state index < -0.39 is 11.9 Å². The number of esters is 2. The standard InChI is InChI=1S/C19H22O5/c1-13-6-5-7-15(10-13)17(20)12-23-19(22)14(2)11-18(21)24-16-8-3-4-9-16/h5-7,10,16H,2-4,8-9,11-12H2,1H3. The number of aryl methyl sites for hydroxylation is 1. The third-order valence-corrected chi connectivity index (χ3v) is 3.92. The summed E-state index contributed by atoms with van der Waals surface area (Å²) in [5, 5.41) is 0. The Morgan fingerprint density at radius 2 is 1.92 bits per heavy atom. The number of rotatable bonds is 7. The maximum atomic E-state index is 12.0. The van der Waals surface area contributed by atoms with E-state index in [-0.39, 0.29) is 30.5 Å². The maximum absolute atomic E-state index is 12.0. The van der Waals surface area contributed by atoms with Crippen molar-refractivity contribution in [2.45, 2.75) is 45.1 Å². The molecule has 0 spiro atoms. The number of Topliss-reactive ketones (excluding diaryl/α,β-unsaturated/α-hetero) is 1. The van der Waals surface area contributed by atoms with Crippen molar-refractivity contribution in [1.29, 1.82) is 0 Å². The summed E-state index contributed by atoms with van der Waals surface area (Å²) in [5.41, 5.74) is 1.43. The summed E-state index contributed by atoms with van der Waals surface area (Å²) in [6.07, 6.45) is 3.59. The van der Waals surface area contributed by atoms with Gasteiger partial charge in [0, 0.05) is 11.1 Å². The molecule has 1 fully saturated rings. The van der Waals surface area contributed by atoms with E-state index in [4.69, 9.17) is 9.47 Å². The van der Waals surface area contributed by atoms with E-state index in [2.05, 4.69) is 6.58 Å². The van der Waals surface area contributed by atoms with E-state index in [9.17, 15) is 14.4 Å². The molecule has 1 aliphatic rings. The lowest BCUT2D eigenvalue weighted by Crippen LogP contribution is -2.19. The Hall–Kier alpha value is -2.43. The van der Waals surface area contributed by atoms with Gasteiger partial charge in [0.1, 0.15) is 6.10 Å². The number of carbonyl (C=O) groups excluding carboxylic acids is 3. The summed E-state index contributed by atoms with van der Waals surface area (Å²) in [6, 6.07) is 7.03. The number of benzene rings is 1. The molecule has 1 aromatic rings. The molecule has 5 nitrogen and oxygen atoms in total. The number of ketones is 1. The molecule has 0 N–H and O–H groups in total. The van der Waals surface area contributed by atoms with Crippen molar-refractivity contribution in [2.75, 3.05) is 6.61 Å². The van der Waals surface area contributed by atoms with Crippen molar-refractivity contribution < 1.29 is 23.9 Å². The molecule has 0 bridgehead atoms. The normalized spacial score (nSPS) is 14.2. The van der Waals surface area contributed by atoms with Gasteiger partial charge in [0.15, 0.2) is 12.4 Å². The van der Waals surface area contributed by atoms with E-state index in [1.54, 1.807) is 18.2 Å². The van der Waals surface area contributed by atoms with Crippen molar-refractivity contribution in [1.82, 2.24) is 0 Å². The van der Waals surface area contributed by atoms with Crippen LogP contribution in [-0.2, 0) is 19.1 Å². The molecule has 24 heavy (non-hydrogen) atoms. The van der Waals surface area contributed by atoms with Crippen LogP contribution >= 0.6 is 0 Å². The van der Waals surface area contributed by atoms with E-state index >= 15 is 0 Å². The van der Waals surface area contributed by atoms with Gasteiger partial charge in [-0.15, -0.1) is 0 Å². The fourth-order valence-corrected chi connectivity index (χ4v) is 2.62. The third kappa shape index (κ3) is 5.33. The second kappa shape index (κ2) is 8.43. The molecule has 1 aromatic carbocycles. The summed E-state index contributed by atoms with van der Waals surface area (Å²) in [5.74, 6) is -1.53. The lowest BCUT2D eigenvalue weighted by molar-refractivity contribution is -0.149. The first-order valence-corrected chi connectivity index (χ1v) is 8.10. The highest BCUT2D eigenvalue weighted by Crippen LogP contribution is 2.21. The largest absolute Gasteiger partial charge is 0.462 e. The Balaban J connectivity index is 1.75. The smallest absolute Gasteiger partial charge is 0.334 e. The first-order chi connectivity index (χ1) is 11.5. The minimum Gasteiger partial charge on any atom is -0.462 e. The minimum atomic E-state index is -0.751. The highest BCUT2D eigenvalue weighted by Gasteiger charge is 2.21. The Morgan fingerprint density at radius 3 is 2.58 bits per heavy atom. The summed E-state index contributed by atoms with van der Waals surface area (Å²) in [6.45, 7) is 5.05. The molecule has 1 aliphatic carbocycles. The number of carbonyl (C=O) groups is 3. The molecular weight excluding hydrogens is 308 g/mol. The van der Waals surface area contributed by atoms with Gasteiger partial charge in [-0.2, -0.15) is 0 Å². The summed E-state index contributed by atoms with van der Waals surface area (Å²) in [4.78, 5) is 35.6. The second-order valence-electron chi connectivity index (χ2n) is 6.05. The molecule has 0 aliphatic heterocycles. The Labute approximate surface area is 141 Å². The molecule has 2 rings (SSSR count). The molecule has 0 heterocycles. The van der Waals surface area contributed by atoms with Gasteiger partial charge in [-0.1, -0.05) is 30.3 Å². The monoisotopic (exact) mass is 330 g/mol. The van der Waals surface area contributed by atoms with Crippen LogP contribution in [0.4, 0.5) is 0 Å². The molecule has 0 aromatic heterocycles. The summed E-state index contributed by atoms with van der Waals surface area (Å²) in [7, 11) is 0. The number of hydrogen-bond acceptors (Lipinski definition) is 5. The molecule has 0 atom stereocenters. The van der Waals surface area contributed by atoms with Crippen LogP contribution in [-0.4, -0.2) is 30.4 Å². The van der Waals surface area contributed by atoms with Gasteiger partial charge in [0.25, 0.3) is 0 Å². The average Bonchev–Trinajstić information content (AvgIpc) is 3.04. The lowest BCUT2D eigenvalue weighted by Gasteiger charge is -2.12. The molecule has 0 unspecified atom stereocenters. The molecule has 5 heteroatoms. The SMILES string of the molecule is C=C(CC(=O)OC1CCCC1)C(=O)OCC(=O)c1cccc(C)c1. The van der Waals surface area contributed by atoms with Crippen LogP contribution in [0.2, 0.25) is 0 Å². The number of ether oxygens (including phenoxy) is 2. The van der Waals surface area contributed by atoms with Gasteiger partial charge in [-0.3, -0.25) is 9.59 Å². The van der Waals surface area contributed by atoms with Gasteiger partial charge in [-0.25, -0.2) is 4.79 Å². The molecule has 0 amide bonds. The fourth-order valence-electron chi connectivity index (χ4n) is 2.62. The lowest BCUT2D eigenvalue weighted by atomic mass is 10.1. The summed E-state index contributed by atoms with van der Waals surface area (Å²) < 4.78 is 10.2. The Kier molecular flexibility index (Phi) is 6.29.